The van der Waals surface area contributed by atoms with Crippen LogP contribution in [0.25, 0.3) is 0 Å². The fourth-order valence-corrected chi connectivity index (χ4v) is 0.828. The molecule has 0 aliphatic heterocycles. The van der Waals surface area contributed by atoms with E-state index in [0.29, 0.717) is 16.7 Å². The Hall–Kier alpha value is -2.16. The number of allylic oxidation sites excluding steroid dienone is 5. The first-order valence-electron chi connectivity index (χ1n) is 4.55. The minimum atomic E-state index is -0.908. The Kier molecular flexibility index (Phi) is 6.21. The van der Waals surface area contributed by atoms with Gasteiger partial charge in [-0.3, -0.25) is 9.79 Å². The van der Waals surface area contributed by atoms with Crippen molar-refractivity contribution in [3.05, 3.63) is 60.9 Å². The number of aliphatic carboxylic acids is 1. The van der Waals surface area contributed by atoms with Crippen LogP contribution in [0.2, 0.25) is 0 Å². The van der Waals surface area contributed by atoms with Crippen LogP contribution in [0, 0.1) is 0 Å². The van der Waals surface area contributed by atoms with Crippen LogP contribution in [0.3, 0.4) is 0 Å². The van der Waals surface area contributed by atoms with Crippen molar-refractivity contribution in [3.63, 3.8) is 0 Å². The number of carboxylic acids is 1. The van der Waals surface area contributed by atoms with Crippen LogP contribution in [-0.4, -0.2) is 17.8 Å². The maximum atomic E-state index is 10.4. The summed E-state index contributed by atoms with van der Waals surface area (Å²) in [4.78, 5) is 13.9. The fourth-order valence-electron chi connectivity index (χ4n) is 0.828. The zero-order valence-corrected chi connectivity index (χ0v) is 9.15. The predicted octanol–water partition coefficient (Wildman–Crippen LogP) is 2.90. The molecule has 0 aliphatic carbocycles. The molecule has 0 radical (unpaired) electrons. The third-order valence-corrected chi connectivity index (χ3v) is 1.69. The molecule has 0 amide bonds. The Bertz CT molecular complexity index is 387. The normalized spacial score (nSPS) is 10.5. The highest BCUT2D eigenvalue weighted by molar-refractivity contribution is 5.70. The molecule has 0 bridgehead atoms. The van der Waals surface area contributed by atoms with Crippen LogP contribution in [0.4, 0.5) is 0 Å². The second-order valence-electron chi connectivity index (χ2n) is 3.11. The zero-order valence-electron chi connectivity index (χ0n) is 9.15. The summed E-state index contributed by atoms with van der Waals surface area (Å²) >= 11 is 0. The summed E-state index contributed by atoms with van der Waals surface area (Å²) in [5.41, 5.74) is 1.87. The first-order valence-corrected chi connectivity index (χ1v) is 4.55. The van der Waals surface area contributed by atoms with Gasteiger partial charge in [0.25, 0.3) is 0 Å². The lowest BCUT2D eigenvalue weighted by Gasteiger charge is -1.98. The van der Waals surface area contributed by atoms with Crippen LogP contribution in [0.5, 0.6) is 0 Å². The number of aliphatic imine (C=N–C) groups is 1. The third kappa shape index (κ3) is 6.32. The molecule has 16 heavy (non-hydrogen) atoms. The first-order chi connectivity index (χ1) is 7.47. The predicted molar refractivity (Wildman–Crippen MR) is 67.5 cm³/mol. The maximum absolute atomic E-state index is 10.4. The van der Waals surface area contributed by atoms with E-state index in [1.165, 1.54) is 6.20 Å². The number of carboxylic acid groups (broad SMARTS) is 1. The molecule has 0 saturated heterocycles. The van der Waals surface area contributed by atoms with Gasteiger partial charge in [0.15, 0.2) is 0 Å². The molecule has 0 atom stereocenters. The van der Waals surface area contributed by atoms with E-state index in [1.807, 2.05) is 0 Å². The van der Waals surface area contributed by atoms with Gasteiger partial charge in [0.05, 0.1) is 6.42 Å². The highest BCUT2D eigenvalue weighted by atomic mass is 16.4. The summed E-state index contributed by atoms with van der Waals surface area (Å²) in [5.74, 6) is -0.908. The van der Waals surface area contributed by atoms with Crippen LogP contribution < -0.4 is 0 Å². The van der Waals surface area contributed by atoms with E-state index in [1.54, 1.807) is 18.2 Å². The molecule has 0 rings (SSSR count). The highest BCUT2D eigenvalue weighted by Crippen LogP contribution is 2.10. The van der Waals surface area contributed by atoms with Gasteiger partial charge in [-0.25, -0.2) is 0 Å². The quantitative estimate of drug-likeness (QED) is 0.526. The molecular formula is C13H15NO2. The van der Waals surface area contributed by atoms with E-state index in [2.05, 4.69) is 31.4 Å². The van der Waals surface area contributed by atoms with Gasteiger partial charge in [-0.15, -0.1) is 0 Å². The Morgan fingerprint density at radius 2 is 1.69 bits per heavy atom. The van der Waals surface area contributed by atoms with Crippen LogP contribution in [0.15, 0.2) is 65.9 Å². The van der Waals surface area contributed by atoms with Crippen LogP contribution in [-0.2, 0) is 4.79 Å². The Morgan fingerprint density at radius 3 is 2.19 bits per heavy atom. The summed E-state index contributed by atoms with van der Waals surface area (Å²) in [5, 5.41) is 8.51. The van der Waals surface area contributed by atoms with Crippen molar-refractivity contribution >= 4 is 12.7 Å². The number of hydrogen-bond acceptors (Lipinski definition) is 2. The SMILES string of the molecule is C=N/C=C\C(=C)C(=C)/C=C\C(=C)CC(=O)O. The van der Waals surface area contributed by atoms with Crippen molar-refractivity contribution in [2.75, 3.05) is 0 Å². The Labute approximate surface area is 95.5 Å². The first kappa shape index (κ1) is 13.8. The number of hydrogen-bond donors (Lipinski definition) is 1. The molecular weight excluding hydrogens is 202 g/mol. The van der Waals surface area contributed by atoms with Gasteiger partial charge in [-0.1, -0.05) is 31.9 Å². The maximum Gasteiger partial charge on any atom is 0.307 e. The molecule has 0 heterocycles. The van der Waals surface area contributed by atoms with E-state index >= 15 is 0 Å². The van der Waals surface area contributed by atoms with Crippen molar-refractivity contribution in [1.82, 2.24) is 0 Å². The Morgan fingerprint density at radius 1 is 1.12 bits per heavy atom. The molecule has 0 aromatic carbocycles. The summed E-state index contributed by atoms with van der Waals surface area (Å²) in [6.07, 6.45) is 6.37. The lowest BCUT2D eigenvalue weighted by atomic mass is 10.1. The van der Waals surface area contributed by atoms with E-state index < -0.39 is 5.97 Å². The summed E-state index contributed by atoms with van der Waals surface area (Å²) < 4.78 is 0. The number of rotatable bonds is 7. The van der Waals surface area contributed by atoms with E-state index in [-0.39, 0.29) is 6.42 Å². The standard InChI is InChI=1S/C13H15NO2/c1-10(9-13(15)16)5-6-11(2)12(3)7-8-14-4/h5-8H,1-4,9H2,(H,15,16)/b6-5-,8-7-. The zero-order chi connectivity index (χ0) is 12.6. The molecule has 0 fully saturated rings. The molecule has 1 N–H and O–H groups in total. The van der Waals surface area contributed by atoms with Gasteiger partial charge < -0.3 is 5.11 Å². The number of carbonyl (C=O) groups is 1. The molecule has 3 nitrogen and oxygen atoms in total. The molecule has 0 saturated carbocycles. The van der Waals surface area contributed by atoms with E-state index in [0.717, 1.165) is 0 Å². The lowest BCUT2D eigenvalue weighted by Crippen LogP contribution is -1.94. The van der Waals surface area contributed by atoms with E-state index in [4.69, 9.17) is 5.11 Å². The minimum Gasteiger partial charge on any atom is -0.481 e. The van der Waals surface area contributed by atoms with Crippen molar-refractivity contribution < 1.29 is 9.90 Å². The van der Waals surface area contributed by atoms with E-state index in [9.17, 15) is 4.79 Å². The van der Waals surface area contributed by atoms with Crippen LogP contribution >= 0.6 is 0 Å². The summed E-state index contributed by atoms with van der Waals surface area (Å²) in [6.45, 7) is 14.4. The number of nitrogens with zero attached hydrogens (tertiary/aromatic N) is 1. The van der Waals surface area contributed by atoms with Crippen molar-refractivity contribution in [3.8, 4) is 0 Å². The third-order valence-electron chi connectivity index (χ3n) is 1.69. The average Bonchev–Trinajstić information content (AvgIpc) is 2.21. The van der Waals surface area contributed by atoms with Gasteiger partial charge >= 0.3 is 5.97 Å². The monoisotopic (exact) mass is 217 g/mol. The molecule has 0 aromatic rings. The van der Waals surface area contributed by atoms with Crippen molar-refractivity contribution in [1.29, 1.82) is 0 Å². The smallest absolute Gasteiger partial charge is 0.307 e. The molecule has 3 heteroatoms. The van der Waals surface area contributed by atoms with Gasteiger partial charge in [-0.2, -0.15) is 0 Å². The average molecular weight is 217 g/mol. The summed E-state index contributed by atoms with van der Waals surface area (Å²) in [6, 6.07) is 0. The van der Waals surface area contributed by atoms with Gasteiger partial charge in [0.1, 0.15) is 0 Å². The van der Waals surface area contributed by atoms with Crippen molar-refractivity contribution in [2.24, 2.45) is 4.99 Å². The Balaban J connectivity index is 4.33. The topological polar surface area (TPSA) is 49.7 Å². The largest absolute Gasteiger partial charge is 0.481 e. The fraction of sp³-hybridized carbons (Fsp3) is 0.0769. The minimum absolute atomic E-state index is 0.0830. The molecule has 0 aliphatic rings. The second-order valence-corrected chi connectivity index (χ2v) is 3.11. The molecule has 84 valence electrons. The lowest BCUT2D eigenvalue weighted by molar-refractivity contribution is -0.136. The van der Waals surface area contributed by atoms with Crippen LogP contribution in [0.1, 0.15) is 6.42 Å². The van der Waals surface area contributed by atoms with Gasteiger partial charge in [0, 0.05) is 6.20 Å². The molecule has 0 spiro atoms. The van der Waals surface area contributed by atoms with Gasteiger partial charge in [-0.05, 0) is 29.5 Å². The molecule has 0 unspecified atom stereocenters. The van der Waals surface area contributed by atoms with Crippen molar-refractivity contribution in [2.45, 2.75) is 6.42 Å². The highest BCUT2D eigenvalue weighted by Gasteiger charge is 1.98. The second kappa shape index (κ2) is 7.17. The summed E-state index contributed by atoms with van der Waals surface area (Å²) in [7, 11) is 0. The molecule has 0 aromatic heterocycles. The van der Waals surface area contributed by atoms with Gasteiger partial charge in [0.2, 0.25) is 0 Å².